The Hall–Kier alpha value is -3.22. The first-order valence-electron chi connectivity index (χ1n) is 9.28. The SMILES string of the molecule is CCCc1cc(C(=O)NCC2Cc3c(F)ccc(-c4ccncc4)c3O2)no1. The molecule has 0 aliphatic carbocycles. The number of amides is 1. The number of pyridine rings is 1. The molecule has 1 atom stereocenters. The van der Waals surface area contributed by atoms with Gasteiger partial charge in [0.2, 0.25) is 0 Å². The van der Waals surface area contributed by atoms with Gasteiger partial charge < -0.3 is 14.6 Å². The highest BCUT2D eigenvalue weighted by molar-refractivity contribution is 5.92. The van der Waals surface area contributed by atoms with E-state index in [2.05, 4.69) is 15.5 Å². The topological polar surface area (TPSA) is 77.2 Å². The molecule has 0 spiro atoms. The summed E-state index contributed by atoms with van der Waals surface area (Å²) in [6, 6.07) is 8.50. The number of hydrogen-bond acceptors (Lipinski definition) is 5. The molecule has 7 heteroatoms. The summed E-state index contributed by atoms with van der Waals surface area (Å²) < 4.78 is 25.4. The predicted octanol–water partition coefficient (Wildman–Crippen LogP) is 3.56. The van der Waals surface area contributed by atoms with Crippen LogP contribution in [0.2, 0.25) is 0 Å². The number of hydrogen-bond donors (Lipinski definition) is 1. The normalized spacial score (nSPS) is 15.1. The van der Waals surface area contributed by atoms with E-state index < -0.39 is 0 Å². The zero-order chi connectivity index (χ0) is 19.5. The predicted molar refractivity (Wildman–Crippen MR) is 101 cm³/mol. The molecule has 4 rings (SSSR count). The van der Waals surface area contributed by atoms with Crippen LogP contribution in [0.4, 0.5) is 4.39 Å². The molecular weight excluding hydrogens is 361 g/mol. The van der Waals surface area contributed by atoms with Crippen LogP contribution >= 0.6 is 0 Å². The Morgan fingerprint density at radius 3 is 2.89 bits per heavy atom. The van der Waals surface area contributed by atoms with Crippen molar-refractivity contribution in [2.45, 2.75) is 32.3 Å². The van der Waals surface area contributed by atoms with Gasteiger partial charge in [-0.15, -0.1) is 0 Å². The van der Waals surface area contributed by atoms with Crippen molar-refractivity contribution in [2.75, 3.05) is 6.54 Å². The lowest BCUT2D eigenvalue weighted by Crippen LogP contribution is -2.34. The van der Waals surface area contributed by atoms with Gasteiger partial charge in [0.15, 0.2) is 5.69 Å². The van der Waals surface area contributed by atoms with Crippen LogP contribution in [-0.2, 0) is 12.8 Å². The van der Waals surface area contributed by atoms with Crippen molar-refractivity contribution in [3.63, 3.8) is 0 Å². The third kappa shape index (κ3) is 3.60. The first-order valence-corrected chi connectivity index (χ1v) is 9.28. The van der Waals surface area contributed by atoms with Gasteiger partial charge in [-0.25, -0.2) is 4.39 Å². The van der Waals surface area contributed by atoms with Gasteiger partial charge in [-0.2, -0.15) is 0 Å². The van der Waals surface area contributed by atoms with Crippen molar-refractivity contribution in [3.05, 3.63) is 65.6 Å². The van der Waals surface area contributed by atoms with Gasteiger partial charge >= 0.3 is 0 Å². The molecule has 3 heterocycles. The molecule has 1 aliphatic rings. The Bertz CT molecular complexity index is 988. The number of carbonyl (C=O) groups excluding carboxylic acids is 1. The van der Waals surface area contributed by atoms with E-state index in [1.54, 1.807) is 24.5 Å². The molecule has 1 unspecified atom stereocenters. The molecule has 0 saturated heterocycles. The number of nitrogens with one attached hydrogen (secondary N) is 1. The molecule has 1 N–H and O–H groups in total. The first kappa shape index (κ1) is 18.2. The van der Waals surface area contributed by atoms with Crippen molar-refractivity contribution in [1.29, 1.82) is 0 Å². The molecule has 1 amide bonds. The number of ether oxygens (including phenoxy) is 1. The second-order valence-corrected chi connectivity index (χ2v) is 6.72. The third-order valence-electron chi connectivity index (χ3n) is 4.69. The largest absolute Gasteiger partial charge is 0.487 e. The highest BCUT2D eigenvalue weighted by Gasteiger charge is 2.29. The summed E-state index contributed by atoms with van der Waals surface area (Å²) in [5.74, 6) is 0.571. The number of fused-ring (bicyclic) bond motifs is 1. The Balaban J connectivity index is 1.45. The van der Waals surface area contributed by atoms with Gasteiger partial charge in [0.1, 0.15) is 23.4 Å². The molecule has 0 bridgehead atoms. The minimum Gasteiger partial charge on any atom is -0.487 e. The van der Waals surface area contributed by atoms with E-state index in [1.165, 1.54) is 6.07 Å². The van der Waals surface area contributed by atoms with Crippen LogP contribution in [-0.4, -0.2) is 28.7 Å². The van der Waals surface area contributed by atoms with Crippen LogP contribution in [0.25, 0.3) is 11.1 Å². The summed E-state index contributed by atoms with van der Waals surface area (Å²) in [5.41, 5.74) is 2.48. The van der Waals surface area contributed by atoms with E-state index in [0.29, 0.717) is 23.5 Å². The van der Waals surface area contributed by atoms with Crippen LogP contribution in [0.5, 0.6) is 5.75 Å². The quantitative estimate of drug-likeness (QED) is 0.706. The average molecular weight is 381 g/mol. The zero-order valence-electron chi connectivity index (χ0n) is 15.4. The second kappa shape index (κ2) is 7.80. The Morgan fingerprint density at radius 1 is 1.29 bits per heavy atom. The van der Waals surface area contributed by atoms with Crippen molar-refractivity contribution in [2.24, 2.45) is 0 Å². The third-order valence-corrected chi connectivity index (χ3v) is 4.69. The lowest BCUT2D eigenvalue weighted by Gasteiger charge is -2.13. The van der Waals surface area contributed by atoms with Crippen molar-refractivity contribution in [3.8, 4) is 16.9 Å². The molecule has 1 aromatic carbocycles. The molecule has 0 radical (unpaired) electrons. The van der Waals surface area contributed by atoms with E-state index >= 15 is 0 Å². The van der Waals surface area contributed by atoms with Gasteiger partial charge in [0.05, 0.1) is 6.54 Å². The van der Waals surface area contributed by atoms with E-state index in [9.17, 15) is 9.18 Å². The number of rotatable bonds is 6. The summed E-state index contributed by atoms with van der Waals surface area (Å²) >= 11 is 0. The summed E-state index contributed by atoms with van der Waals surface area (Å²) in [7, 11) is 0. The fourth-order valence-electron chi connectivity index (χ4n) is 3.32. The lowest BCUT2D eigenvalue weighted by molar-refractivity contribution is 0.0924. The molecule has 2 aromatic heterocycles. The number of aromatic nitrogens is 2. The Labute approximate surface area is 161 Å². The maximum absolute atomic E-state index is 14.3. The number of halogens is 1. The zero-order valence-corrected chi connectivity index (χ0v) is 15.4. The molecule has 0 fully saturated rings. The fourth-order valence-corrected chi connectivity index (χ4v) is 3.32. The van der Waals surface area contributed by atoms with Crippen LogP contribution in [0.3, 0.4) is 0 Å². The van der Waals surface area contributed by atoms with Crippen LogP contribution in [0.1, 0.15) is 35.2 Å². The molecule has 6 nitrogen and oxygen atoms in total. The lowest BCUT2D eigenvalue weighted by atomic mass is 10.0. The van der Waals surface area contributed by atoms with Crippen LogP contribution in [0, 0.1) is 5.82 Å². The minimum absolute atomic E-state index is 0.239. The monoisotopic (exact) mass is 381 g/mol. The minimum atomic E-state index is -0.349. The summed E-state index contributed by atoms with van der Waals surface area (Å²) in [6.07, 6.45) is 5.05. The number of nitrogens with zero attached hydrogens (tertiary/aromatic N) is 2. The fraction of sp³-hybridized carbons (Fsp3) is 0.286. The van der Waals surface area contributed by atoms with Gasteiger partial charge in [0, 0.05) is 42.4 Å². The van der Waals surface area contributed by atoms with Crippen molar-refractivity contribution >= 4 is 5.91 Å². The average Bonchev–Trinajstić information content (AvgIpc) is 3.35. The maximum Gasteiger partial charge on any atom is 0.273 e. The first-order chi connectivity index (χ1) is 13.7. The highest BCUT2D eigenvalue weighted by Crippen LogP contribution is 2.40. The smallest absolute Gasteiger partial charge is 0.273 e. The summed E-state index contributed by atoms with van der Waals surface area (Å²) in [6.45, 7) is 2.27. The van der Waals surface area contributed by atoms with Crippen LogP contribution < -0.4 is 10.1 Å². The molecule has 1 aliphatic heterocycles. The van der Waals surface area contributed by atoms with Gasteiger partial charge in [0.25, 0.3) is 5.91 Å². The molecule has 0 saturated carbocycles. The van der Waals surface area contributed by atoms with Gasteiger partial charge in [-0.3, -0.25) is 9.78 Å². The van der Waals surface area contributed by atoms with Crippen molar-refractivity contribution < 1.29 is 18.4 Å². The van der Waals surface area contributed by atoms with Crippen LogP contribution in [0.15, 0.2) is 47.2 Å². The summed E-state index contributed by atoms with van der Waals surface area (Å²) in [5, 5.41) is 6.58. The molecular formula is C21H20FN3O3. The number of carbonyl (C=O) groups is 1. The van der Waals surface area contributed by atoms with Gasteiger partial charge in [-0.05, 0) is 36.2 Å². The molecule has 28 heavy (non-hydrogen) atoms. The molecule has 3 aromatic rings. The second-order valence-electron chi connectivity index (χ2n) is 6.72. The van der Waals surface area contributed by atoms with E-state index in [-0.39, 0.29) is 30.1 Å². The van der Waals surface area contributed by atoms with E-state index in [1.807, 2.05) is 19.1 Å². The highest BCUT2D eigenvalue weighted by atomic mass is 19.1. The summed E-state index contributed by atoms with van der Waals surface area (Å²) in [4.78, 5) is 16.3. The van der Waals surface area contributed by atoms with E-state index in [0.717, 1.165) is 24.0 Å². The maximum atomic E-state index is 14.3. The molecule has 144 valence electrons. The van der Waals surface area contributed by atoms with Gasteiger partial charge in [-0.1, -0.05) is 12.1 Å². The van der Waals surface area contributed by atoms with Crippen molar-refractivity contribution in [1.82, 2.24) is 15.5 Å². The Kier molecular flexibility index (Phi) is 5.06. The Morgan fingerprint density at radius 2 is 2.11 bits per heavy atom. The van der Waals surface area contributed by atoms with E-state index in [4.69, 9.17) is 9.26 Å². The number of aryl methyl sites for hydroxylation is 1. The number of benzene rings is 1. The standard InChI is InChI=1S/C21H20FN3O3/c1-2-3-14-11-19(25-28-14)21(26)24-12-15-10-17-18(22)5-4-16(20(17)27-15)13-6-8-23-9-7-13/h4-9,11,15H,2-3,10,12H2,1H3,(H,24,26).